The Hall–Kier alpha value is -3.08. The summed E-state index contributed by atoms with van der Waals surface area (Å²) in [6, 6.07) is 17.4. The second-order valence-corrected chi connectivity index (χ2v) is 4.70. The minimum absolute atomic E-state index is 0.275. The van der Waals surface area contributed by atoms with Crippen LogP contribution < -0.4 is 15.9 Å². The molecule has 5 heteroatoms. The second kappa shape index (κ2) is 6.13. The number of ether oxygens (including phenoxy) is 1. The first-order valence-corrected chi connectivity index (χ1v) is 6.82. The van der Waals surface area contributed by atoms with Gasteiger partial charge in [0, 0.05) is 24.5 Å². The SMILES string of the molecule is O=c1ccccn1-n1ccc(OCc2ccccc2)cc1=O. The zero-order valence-electron chi connectivity index (χ0n) is 11.8. The maximum atomic E-state index is 12.1. The highest BCUT2D eigenvalue weighted by atomic mass is 16.5. The molecule has 0 radical (unpaired) electrons. The molecule has 0 atom stereocenters. The Kier molecular flexibility index (Phi) is 3.87. The Morgan fingerprint density at radius 1 is 0.773 bits per heavy atom. The van der Waals surface area contributed by atoms with Crippen molar-refractivity contribution in [2.24, 2.45) is 0 Å². The number of benzene rings is 1. The lowest BCUT2D eigenvalue weighted by molar-refractivity contribution is 0.304. The van der Waals surface area contributed by atoms with Gasteiger partial charge < -0.3 is 4.74 Å². The largest absolute Gasteiger partial charge is 0.489 e. The molecule has 2 aromatic heterocycles. The highest BCUT2D eigenvalue weighted by Gasteiger charge is 2.03. The van der Waals surface area contributed by atoms with Gasteiger partial charge in [-0.3, -0.25) is 9.59 Å². The average molecular weight is 294 g/mol. The summed E-state index contributed by atoms with van der Waals surface area (Å²) in [5.41, 5.74) is 0.410. The van der Waals surface area contributed by atoms with Crippen molar-refractivity contribution < 1.29 is 4.74 Å². The van der Waals surface area contributed by atoms with E-state index in [0.29, 0.717) is 12.4 Å². The molecule has 3 rings (SSSR count). The first kappa shape index (κ1) is 13.9. The smallest absolute Gasteiger partial charge is 0.273 e. The Labute approximate surface area is 126 Å². The fraction of sp³-hybridized carbons (Fsp3) is 0.0588. The molecule has 0 spiro atoms. The van der Waals surface area contributed by atoms with Crippen LogP contribution in [0.15, 0.2) is 82.6 Å². The summed E-state index contributed by atoms with van der Waals surface area (Å²) in [6.45, 7) is 0.385. The van der Waals surface area contributed by atoms with Gasteiger partial charge in [0.1, 0.15) is 12.4 Å². The highest BCUT2D eigenvalue weighted by molar-refractivity contribution is 5.20. The monoisotopic (exact) mass is 294 g/mol. The molecule has 0 aliphatic heterocycles. The van der Waals surface area contributed by atoms with Gasteiger partial charge in [-0.1, -0.05) is 36.4 Å². The van der Waals surface area contributed by atoms with Gasteiger partial charge in [-0.2, -0.15) is 0 Å². The van der Waals surface area contributed by atoms with E-state index >= 15 is 0 Å². The van der Waals surface area contributed by atoms with Crippen molar-refractivity contribution in [3.63, 3.8) is 0 Å². The third-order valence-electron chi connectivity index (χ3n) is 3.15. The zero-order valence-corrected chi connectivity index (χ0v) is 11.8. The molecular formula is C17H14N2O3. The van der Waals surface area contributed by atoms with E-state index in [1.54, 1.807) is 18.2 Å². The summed E-state index contributed by atoms with van der Waals surface area (Å²) < 4.78 is 8.07. The number of rotatable bonds is 4. The average Bonchev–Trinajstić information content (AvgIpc) is 2.55. The number of nitrogens with zero attached hydrogens (tertiary/aromatic N) is 2. The number of pyridine rings is 2. The van der Waals surface area contributed by atoms with Gasteiger partial charge in [-0.15, -0.1) is 0 Å². The zero-order chi connectivity index (χ0) is 15.4. The number of aromatic nitrogens is 2. The van der Waals surface area contributed by atoms with Crippen LogP contribution in [-0.2, 0) is 6.61 Å². The third kappa shape index (κ3) is 2.98. The molecule has 0 N–H and O–H groups in total. The molecule has 5 nitrogen and oxygen atoms in total. The maximum Gasteiger partial charge on any atom is 0.273 e. The lowest BCUT2D eigenvalue weighted by Crippen LogP contribution is -2.32. The standard InChI is InChI=1S/C17H14N2O3/c20-16-8-4-5-10-18(16)19-11-9-15(12-17(19)21)22-13-14-6-2-1-3-7-14/h1-12H,13H2. The van der Waals surface area contributed by atoms with Gasteiger partial charge >= 0.3 is 0 Å². The predicted molar refractivity (Wildman–Crippen MR) is 83.0 cm³/mol. The van der Waals surface area contributed by atoms with Crippen LogP contribution in [0.1, 0.15) is 5.56 Å². The van der Waals surface area contributed by atoms with Crippen molar-refractivity contribution >= 4 is 0 Å². The van der Waals surface area contributed by atoms with Crippen LogP contribution in [0, 0.1) is 0 Å². The van der Waals surface area contributed by atoms with E-state index in [-0.39, 0.29) is 11.1 Å². The highest BCUT2D eigenvalue weighted by Crippen LogP contribution is 2.09. The van der Waals surface area contributed by atoms with Crippen LogP contribution >= 0.6 is 0 Å². The van der Waals surface area contributed by atoms with Crippen molar-refractivity contribution in [2.45, 2.75) is 6.61 Å². The van der Waals surface area contributed by atoms with Crippen LogP contribution in [0.2, 0.25) is 0 Å². The molecule has 0 bridgehead atoms. The molecule has 0 aliphatic rings. The minimum Gasteiger partial charge on any atom is -0.489 e. The first-order valence-electron chi connectivity index (χ1n) is 6.82. The van der Waals surface area contributed by atoms with Crippen molar-refractivity contribution in [2.75, 3.05) is 0 Å². The van der Waals surface area contributed by atoms with Crippen molar-refractivity contribution in [1.29, 1.82) is 0 Å². The van der Waals surface area contributed by atoms with Crippen LogP contribution in [0.3, 0.4) is 0 Å². The van der Waals surface area contributed by atoms with Gasteiger partial charge in [-0.05, 0) is 17.7 Å². The second-order valence-electron chi connectivity index (χ2n) is 4.70. The molecule has 3 aromatic rings. The van der Waals surface area contributed by atoms with Gasteiger partial charge in [-0.25, -0.2) is 9.35 Å². The van der Waals surface area contributed by atoms with Crippen LogP contribution in [-0.4, -0.2) is 9.35 Å². The summed E-state index contributed by atoms with van der Waals surface area (Å²) in [5, 5.41) is 0. The fourth-order valence-corrected chi connectivity index (χ4v) is 2.06. The minimum atomic E-state index is -0.334. The molecule has 0 amide bonds. The molecule has 0 saturated carbocycles. The van der Waals surface area contributed by atoms with Crippen LogP contribution in [0.5, 0.6) is 5.75 Å². The van der Waals surface area contributed by atoms with Crippen LogP contribution in [0.25, 0.3) is 0 Å². The van der Waals surface area contributed by atoms with Crippen LogP contribution in [0.4, 0.5) is 0 Å². The summed E-state index contributed by atoms with van der Waals surface area (Å²) in [6.07, 6.45) is 3.05. The molecule has 0 aliphatic carbocycles. The molecule has 0 unspecified atom stereocenters. The molecule has 0 saturated heterocycles. The van der Waals surface area contributed by atoms with Gasteiger partial charge in [0.15, 0.2) is 0 Å². The van der Waals surface area contributed by atoms with E-state index in [1.165, 1.54) is 33.9 Å². The molecule has 0 fully saturated rings. The molecule has 2 heterocycles. The van der Waals surface area contributed by atoms with Gasteiger partial charge in [0.25, 0.3) is 11.1 Å². The Morgan fingerprint density at radius 2 is 1.50 bits per heavy atom. The van der Waals surface area contributed by atoms with Crippen molar-refractivity contribution in [1.82, 2.24) is 9.35 Å². The Bertz CT molecular complexity index is 882. The summed E-state index contributed by atoms with van der Waals surface area (Å²) in [5.74, 6) is 0.467. The van der Waals surface area contributed by atoms with Gasteiger partial charge in [0.2, 0.25) is 0 Å². The lowest BCUT2D eigenvalue weighted by Gasteiger charge is -2.10. The Balaban J connectivity index is 1.83. The summed E-state index contributed by atoms with van der Waals surface area (Å²) >= 11 is 0. The fourth-order valence-electron chi connectivity index (χ4n) is 2.06. The first-order chi connectivity index (χ1) is 10.7. The number of hydrogen-bond donors (Lipinski definition) is 0. The molecule has 22 heavy (non-hydrogen) atoms. The Morgan fingerprint density at radius 3 is 2.23 bits per heavy atom. The summed E-state index contributed by atoms with van der Waals surface area (Å²) in [4.78, 5) is 23.9. The molecule has 110 valence electrons. The van der Waals surface area contributed by atoms with Gasteiger partial charge in [0.05, 0.1) is 0 Å². The van der Waals surface area contributed by atoms with E-state index in [4.69, 9.17) is 4.74 Å². The van der Waals surface area contributed by atoms with E-state index in [2.05, 4.69) is 0 Å². The van der Waals surface area contributed by atoms with E-state index < -0.39 is 0 Å². The van der Waals surface area contributed by atoms with E-state index in [0.717, 1.165) is 5.56 Å². The van der Waals surface area contributed by atoms with Crippen molar-refractivity contribution in [3.05, 3.63) is 99.3 Å². The van der Waals surface area contributed by atoms with E-state index in [1.807, 2.05) is 30.3 Å². The molecular weight excluding hydrogens is 280 g/mol. The normalized spacial score (nSPS) is 10.4. The quantitative estimate of drug-likeness (QED) is 0.738. The lowest BCUT2D eigenvalue weighted by atomic mass is 10.2. The number of hydrogen-bond acceptors (Lipinski definition) is 3. The maximum absolute atomic E-state index is 12.1. The summed E-state index contributed by atoms with van der Waals surface area (Å²) in [7, 11) is 0. The third-order valence-corrected chi connectivity index (χ3v) is 3.15. The van der Waals surface area contributed by atoms with E-state index in [9.17, 15) is 9.59 Å². The molecule has 1 aromatic carbocycles. The topological polar surface area (TPSA) is 53.2 Å². The predicted octanol–water partition coefficient (Wildman–Crippen LogP) is 1.90. The van der Waals surface area contributed by atoms with Crippen molar-refractivity contribution in [3.8, 4) is 5.75 Å².